The summed E-state index contributed by atoms with van der Waals surface area (Å²) in [5.41, 5.74) is 0.439. The van der Waals surface area contributed by atoms with Crippen LogP contribution in [0.1, 0.15) is 29.9 Å². The van der Waals surface area contributed by atoms with Crippen molar-refractivity contribution in [3.05, 3.63) is 58.7 Å². The third-order valence-electron chi connectivity index (χ3n) is 4.02. The Morgan fingerprint density at radius 1 is 1.20 bits per heavy atom. The van der Waals surface area contributed by atoms with Gasteiger partial charge in [-0.2, -0.15) is 0 Å². The van der Waals surface area contributed by atoms with Crippen LogP contribution in [0.5, 0.6) is 0 Å². The van der Waals surface area contributed by atoms with Gasteiger partial charge in [0.2, 0.25) is 0 Å². The average Bonchev–Trinajstić information content (AvgIpc) is 3.04. The fourth-order valence-corrected chi connectivity index (χ4v) is 3.20. The second kappa shape index (κ2) is 4.14. The molecule has 3 aromatic rings. The molecular weight excluding hydrogens is 276 g/mol. The van der Waals surface area contributed by atoms with Crippen molar-refractivity contribution in [2.45, 2.75) is 24.9 Å². The van der Waals surface area contributed by atoms with E-state index < -0.39 is 5.60 Å². The third kappa shape index (κ3) is 1.63. The molecule has 4 rings (SSSR count). The standard InChI is InChI=1S/C16H13ClO3/c17-11-3-4-13-10(8-11)9-15(20-13)16(18)6-1-2-14-12(16)5-7-19-14/h3-5,7-9,18H,1-2,6H2. The topological polar surface area (TPSA) is 46.5 Å². The first-order valence-electron chi connectivity index (χ1n) is 6.66. The largest absolute Gasteiger partial charge is 0.469 e. The molecule has 0 bridgehead atoms. The van der Waals surface area contributed by atoms with Crippen LogP contribution in [0.2, 0.25) is 5.02 Å². The summed E-state index contributed by atoms with van der Waals surface area (Å²) in [6.45, 7) is 0. The third-order valence-corrected chi connectivity index (χ3v) is 4.25. The van der Waals surface area contributed by atoms with Crippen LogP contribution >= 0.6 is 11.6 Å². The monoisotopic (exact) mass is 288 g/mol. The van der Waals surface area contributed by atoms with Gasteiger partial charge in [0, 0.05) is 22.4 Å². The second-order valence-electron chi connectivity index (χ2n) is 5.26. The second-order valence-corrected chi connectivity index (χ2v) is 5.70. The van der Waals surface area contributed by atoms with E-state index in [1.54, 1.807) is 12.3 Å². The van der Waals surface area contributed by atoms with Gasteiger partial charge in [0.15, 0.2) is 5.60 Å². The van der Waals surface area contributed by atoms with Gasteiger partial charge in [0.05, 0.1) is 6.26 Å². The summed E-state index contributed by atoms with van der Waals surface area (Å²) in [7, 11) is 0. The minimum absolute atomic E-state index is 0.553. The molecule has 1 unspecified atom stereocenters. The van der Waals surface area contributed by atoms with Gasteiger partial charge < -0.3 is 13.9 Å². The van der Waals surface area contributed by atoms with Gasteiger partial charge in [-0.25, -0.2) is 0 Å². The number of aliphatic hydroxyl groups is 1. The maximum atomic E-state index is 11.1. The Morgan fingerprint density at radius 3 is 3.00 bits per heavy atom. The van der Waals surface area contributed by atoms with Gasteiger partial charge in [-0.3, -0.25) is 0 Å². The van der Waals surface area contributed by atoms with Crippen LogP contribution in [0.4, 0.5) is 0 Å². The Morgan fingerprint density at radius 2 is 2.10 bits per heavy atom. The van der Waals surface area contributed by atoms with E-state index in [0.717, 1.165) is 35.1 Å². The summed E-state index contributed by atoms with van der Waals surface area (Å²) in [5, 5.41) is 12.6. The van der Waals surface area contributed by atoms with E-state index in [1.807, 2.05) is 24.3 Å². The zero-order chi connectivity index (χ0) is 13.7. The number of aryl methyl sites for hydroxylation is 1. The summed E-state index contributed by atoms with van der Waals surface area (Å²) >= 11 is 5.99. The molecule has 2 aromatic heterocycles. The molecule has 0 aliphatic heterocycles. The van der Waals surface area contributed by atoms with Crippen LogP contribution in [0, 0.1) is 0 Å². The number of rotatable bonds is 1. The minimum Gasteiger partial charge on any atom is -0.469 e. The average molecular weight is 289 g/mol. The molecular formula is C16H13ClO3. The predicted octanol–water partition coefficient (Wildman–Crippen LogP) is 4.25. The van der Waals surface area contributed by atoms with Crippen molar-refractivity contribution in [1.29, 1.82) is 0 Å². The number of fused-ring (bicyclic) bond motifs is 2. The number of hydrogen-bond donors (Lipinski definition) is 1. The molecule has 102 valence electrons. The number of halogens is 1. The molecule has 3 nitrogen and oxygen atoms in total. The molecule has 0 fully saturated rings. The predicted molar refractivity (Wildman–Crippen MR) is 75.9 cm³/mol. The van der Waals surface area contributed by atoms with E-state index in [-0.39, 0.29) is 0 Å². The Hall–Kier alpha value is -1.71. The van der Waals surface area contributed by atoms with Crippen LogP contribution in [0.15, 0.2) is 45.4 Å². The normalized spacial score (nSPS) is 22.1. The van der Waals surface area contributed by atoms with Gasteiger partial charge >= 0.3 is 0 Å². The van der Waals surface area contributed by atoms with Gasteiger partial charge in [0.1, 0.15) is 17.1 Å². The molecule has 1 aliphatic rings. The zero-order valence-electron chi connectivity index (χ0n) is 10.7. The summed E-state index contributed by atoms with van der Waals surface area (Å²) in [5.74, 6) is 1.40. The maximum absolute atomic E-state index is 11.1. The van der Waals surface area contributed by atoms with E-state index >= 15 is 0 Å². The summed E-state index contributed by atoms with van der Waals surface area (Å²) < 4.78 is 11.3. The van der Waals surface area contributed by atoms with Crippen LogP contribution in [0.3, 0.4) is 0 Å². The van der Waals surface area contributed by atoms with Crippen molar-refractivity contribution >= 4 is 22.6 Å². The number of hydrogen-bond acceptors (Lipinski definition) is 3. The van der Waals surface area contributed by atoms with E-state index in [9.17, 15) is 5.11 Å². The quantitative estimate of drug-likeness (QED) is 0.728. The first-order valence-corrected chi connectivity index (χ1v) is 7.03. The molecule has 0 spiro atoms. The van der Waals surface area contributed by atoms with Crippen LogP contribution < -0.4 is 0 Å². The Labute approximate surface area is 120 Å². The van der Waals surface area contributed by atoms with Crippen molar-refractivity contribution < 1.29 is 13.9 Å². The zero-order valence-corrected chi connectivity index (χ0v) is 11.5. The first-order chi connectivity index (χ1) is 9.67. The highest BCUT2D eigenvalue weighted by Gasteiger charge is 2.40. The smallest absolute Gasteiger partial charge is 0.150 e. The highest BCUT2D eigenvalue weighted by molar-refractivity contribution is 6.31. The molecule has 0 saturated heterocycles. The minimum atomic E-state index is -1.11. The molecule has 0 radical (unpaired) electrons. The lowest BCUT2D eigenvalue weighted by atomic mass is 9.81. The highest BCUT2D eigenvalue weighted by Crippen LogP contribution is 2.42. The Balaban J connectivity index is 1.91. The van der Waals surface area contributed by atoms with Crippen molar-refractivity contribution in [3.8, 4) is 0 Å². The summed E-state index contributed by atoms with van der Waals surface area (Å²) in [6, 6.07) is 9.14. The molecule has 1 N–H and O–H groups in total. The van der Waals surface area contributed by atoms with E-state index in [2.05, 4.69) is 0 Å². The molecule has 0 saturated carbocycles. The summed E-state index contributed by atoms with van der Waals surface area (Å²) in [4.78, 5) is 0. The number of benzene rings is 1. The first kappa shape index (κ1) is 12.1. The van der Waals surface area contributed by atoms with Crippen molar-refractivity contribution in [3.63, 3.8) is 0 Å². The molecule has 20 heavy (non-hydrogen) atoms. The van der Waals surface area contributed by atoms with Gasteiger partial charge in [0.25, 0.3) is 0 Å². The maximum Gasteiger partial charge on any atom is 0.150 e. The molecule has 1 aromatic carbocycles. The lowest BCUT2D eigenvalue weighted by molar-refractivity contribution is 0.0383. The fourth-order valence-electron chi connectivity index (χ4n) is 3.02. The SMILES string of the molecule is OC1(c2cc3cc(Cl)ccc3o2)CCCc2occc21. The fraction of sp³-hybridized carbons (Fsp3) is 0.250. The van der Waals surface area contributed by atoms with E-state index in [1.165, 1.54) is 0 Å². The lowest BCUT2D eigenvalue weighted by Crippen LogP contribution is -2.30. The van der Waals surface area contributed by atoms with Gasteiger partial charge in [-0.15, -0.1) is 0 Å². The molecule has 1 atom stereocenters. The van der Waals surface area contributed by atoms with Crippen LogP contribution in [-0.4, -0.2) is 5.11 Å². The molecule has 1 aliphatic carbocycles. The molecule has 2 heterocycles. The van der Waals surface area contributed by atoms with Crippen molar-refractivity contribution in [1.82, 2.24) is 0 Å². The molecule has 4 heteroatoms. The van der Waals surface area contributed by atoms with E-state index in [4.69, 9.17) is 20.4 Å². The summed E-state index contributed by atoms with van der Waals surface area (Å²) in [6.07, 6.45) is 3.99. The van der Waals surface area contributed by atoms with Crippen molar-refractivity contribution in [2.24, 2.45) is 0 Å². The highest BCUT2D eigenvalue weighted by atomic mass is 35.5. The lowest BCUT2D eigenvalue weighted by Gasteiger charge is -2.29. The van der Waals surface area contributed by atoms with Crippen molar-refractivity contribution in [2.75, 3.05) is 0 Å². The number of furan rings is 2. The van der Waals surface area contributed by atoms with Crippen LogP contribution in [0.25, 0.3) is 11.0 Å². The Bertz CT molecular complexity index is 786. The Kier molecular flexibility index (Phi) is 2.50. The van der Waals surface area contributed by atoms with Gasteiger partial charge in [-0.1, -0.05) is 11.6 Å². The molecule has 0 amide bonds. The van der Waals surface area contributed by atoms with Gasteiger partial charge in [-0.05, 0) is 43.2 Å². The van der Waals surface area contributed by atoms with Crippen LogP contribution in [-0.2, 0) is 12.0 Å². The van der Waals surface area contributed by atoms with E-state index in [0.29, 0.717) is 17.2 Å².